The first-order valence-electron chi connectivity index (χ1n) is 13.0. The number of hydrogen-bond donors (Lipinski definition) is 2. The molecule has 4 aliphatic rings. The van der Waals surface area contributed by atoms with Gasteiger partial charge in [-0.2, -0.15) is 0 Å². The largest absolute Gasteiger partial charge is 0.393 e. The third-order valence-corrected chi connectivity index (χ3v) is 11.0. The van der Waals surface area contributed by atoms with Crippen LogP contribution in [-0.4, -0.2) is 22.4 Å². The third kappa shape index (κ3) is 3.73. The zero-order chi connectivity index (χ0) is 21.0. The fraction of sp³-hybridized carbons (Fsp3) is 1.00. The molecule has 0 heterocycles. The van der Waals surface area contributed by atoms with Crippen molar-refractivity contribution in [1.29, 1.82) is 0 Å². The summed E-state index contributed by atoms with van der Waals surface area (Å²) in [5, 5.41) is 21.2. The molecule has 4 rings (SSSR count). The van der Waals surface area contributed by atoms with E-state index in [9.17, 15) is 10.2 Å². The van der Waals surface area contributed by atoms with E-state index in [0.29, 0.717) is 28.6 Å². The lowest BCUT2D eigenvalue weighted by atomic mass is 9.44. The summed E-state index contributed by atoms with van der Waals surface area (Å²) >= 11 is 0. The molecule has 0 bridgehead atoms. The van der Waals surface area contributed by atoms with Crippen LogP contribution in [0.4, 0.5) is 0 Å². The predicted molar refractivity (Wildman–Crippen MR) is 120 cm³/mol. The quantitative estimate of drug-likeness (QED) is 0.553. The van der Waals surface area contributed by atoms with Gasteiger partial charge < -0.3 is 10.2 Å². The Kier molecular flexibility index (Phi) is 6.19. The Morgan fingerprint density at radius 1 is 0.828 bits per heavy atom. The van der Waals surface area contributed by atoms with Gasteiger partial charge in [0.15, 0.2) is 0 Å². The molecule has 2 heteroatoms. The van der Waals surface area contributed by atoms with Gasteiger partial charge in [0.25, 0.3) is 0 Å². The summed E-state index contributed by atoms with van der Waals surface area (Å²) in [6.45, 7) is 12.1. The molecule has 10 atom stereocenters. The van der Waals surface area contributed by atoms with Crippen molar-refractivity contribution >= 4 is 0 Å². The topological polar surface area (TPSA) is 40.5 Å². The molecule has 0 aromatic heterocycles. The van der Waals surface area contributed by atoms with Crippen molar-refractivity contribution < 1.29 is 10.2 Å². The van der Waals surface area contributed by atoms with Crippen LogP contribution in [0.1, 0.15) is 105 Å². The Morgan fingerprint density at radius 2 is 1.52 bits per heavy atom. The van der Waals surface area contributed by atoms with Gasteiger partial charge in [-0.25, -0.2) is 0 Å². The van der Waals surface area contributed by atoms with E-state index < -0.39 is 0 Å². The molecule has 0 aromatic rings. The fourth-order valence-corrected chi connectivity index (χ4v) is 9.17. The number of rotatable bonds is 5. The highest BCUT2D eigenvalue weighted by Gasteiger charge is 2.60. The first-order chi connectivity index (χ1) is 13.7. The molecule has 0 saturated heterocycles. The molecular weight excluding hydrogens is 356 g/mol. The highest BCUT2D eigenvalue weighted by atomic mass is 16.3. The number of hydrogen-bond acceptors (Lipinski definition) is 2. The van der Waals surface area contributed by atoms with Crippen LogP contribution in [0.25, 0.3) is 0 Å². The monoisotopic (exact) mass is 404 g/mol. The molecule has 4 fully saturated rings. The van der Waals surface area contributed by atoms with Crippen molar-refractivity contribution in [2.24, 2.45) is 52.3 Å². The van der Waals surface area contributed by atoms with Crippen LogP contribution in [0.3, 0.4) is 0 Å². The van der Waals surface area contributed by atoms with Crippen molar-refractivity contribution in [1.82, 2.24) is 0 Å². The van der Waals surface area contributed by atoms with Crippen LogP contribution < -0.4 is 0 Å². The number of aliphatic hydroxyl groups is 2. The Bertz CT molecular complexity index is 573. The van der Waals surface area contributed by atoms with Crippen LogP contribution in [0.5, 0.6) is 0 Å². The van der Waals surface area contributed by atoms with Crippen molar-refractivity contribution in [3.8, 4) is 0 Å². The molecule has 2 nitrogen and oxygen atoms in total. The normalized spacial score (nSPS) is 49.2. The van der Waals surface area contributed by atoms with Gasteiger partial charge in [0.05, 0.1) is 12.2 Å². The minimum absolute atomic E-state index is 0.0393. The Labute approximate surface area is 180 Å². The summed E-state index contributed by atoms with van der Waals surface area (Å²) in [5.74, 6) is 5.24. The van der Waals surface area contributed by atoms with Crippen LogP contribution >= 0.6 is 0 Å². The summed E-state index contributed by atoms with van der Waals surface area (Å²) in [4.78, 5) is 0. The summed E-state index contributed by atoms with van der Waals surface area (Å²) in [6.07, 6.45) is 13.5. The van der Waals surface area contributed by atoms with Crippen LogP contribution in [0, 0.1) is 52.3 Å². The maximum Gasteiger partial charge on any atom is 0.0568 e. The molecule has 0 amide bonds. The van der Waals surface area contributed by atoms with Crippen molar-refractivity contribution in [2.45, 2.75) is 117 Å². The minimum atomic E-state index is -0.121. The van der Waals surface area contributed by atoms with E-state index in [1.807, 2.05) is 0 Å². The van der Waals surface area contributed by atoms with E-state index in [-0.39, 0.29) is 12.2 Å². The van der Waals surface area contributed by atoms with E-state index >= 15 is 0 Å². The Balaban J connectivity index is 1.48. The average molecular weight is 405 g/mol. The first kappa shape index (κ1) is 22.1. The SMILES string of the molecule is CC(C)CCC(O)C(C)C1CCC2C3CCC4CC(O)CCC4(C)C3CCC12C. The maximum absolute atomic E-state index is 11.0. The van der Waals surface area contributed by atoms with Crippen molar-refractivity contribution in [2.75, 3.05) is 0 Å². The highest BCUT2D eigenvalue weighted by molar-refractivity contribution is 5.10. The second-order valence-electron chi connectivity index (χ2n) is 12.7. The summed E-state index contributed by atoms with van der Waals surface area (Å²) < 4.78 is 0. The molecule has 4 saturated carbocycles. The first-order valence-corrected chi connectivity index (χ1v) is 13.0. The van der Waals surface area contributed by atoms with Gasteiger partial charge in [0.2, 0.25) is 0 Å². The lowest BCUT2D eigenvalue weighted by Gasteiger charge is -2.61. The molecule has 0 spiro atoms. The highest BCUT2D eigenvalue weighted by Crippen LogP contribution is 2.68. The summed E-state index contributed by atoms with van der Waals surface area (Å²) in [7, 11) is 0. The molecule has 2 N–H and O–H groups in total. The van der Waals surface area contributed by atoms with Gasteiger partial charge in [-0.15, -0.1) is 0 Å². The smallest absolute Gasteiger partial charge is 0.0568 e. The second-order valence-corrected chi connectivity index (χ2v) is 12.7. The van der Waals surface area contributed by atoms with Crippen LogP contribution in [-0.2, 0) is 0 Å². The molecular formula is C27H48O2. The summed E-state index contributed by atoms with van der Waals surface area (Å²) in [5.41, 5.74) is 0.917. The molecule has 0 aromatic carbocycles. The molecule has 168 valence electrons. The van der Waals surface area contributed by atoms with Gasteiger partial charge in [0, 0.05) is 0 Å². The maximum atomic E-state index is 11.0. The van der Waals surface area contributed by atoms with Crippen molar-refractivity contribution in [3.63, 3.8) is 0 Å². The van der Waals surface area contributed by atoms with E-state index in [4.69, 9.17) is 0 Å². The standard InChI is InChI=1S/C27H48O2/c1-17(2)6-11-25(29)18(3)22-9-10-23-21-8-7-19-16-20(28)12-14-26(19,4)24(21)13-15-27(22,23)5/h17-25,28-29H,6-16H2,1-5H3. The zero-order valence-electron chi connectivity index (χ0n) is 19.9. The molecule has 29 heavy (non-hydrogen) atoms. The zero-order valence-corrected chi connectivity index (χ0v) is 19.9. The Morgan fingerprint density at radius 3 is 2.24 bits per heavy atom. The average Bonchev–Trinajstić information content (AvgIpc) is 3.03. The van der Waals surface area contributed by atoms with Crippen molar-refractivity contribution in [3.05, 3.63) is 0 Å². The fourth-order valence-electron chi connectivity index (χ4n) is 9.17. The van der Waals surface area contributed by atoms with E-state index in [1.165, 1.54) is 44.9 Å². The lowest BCUT2D eigenvalue weighted by molar-refractivity contribution is -0.132. The van der Waals surface area contributed by atoms with Gasteiger partial charge in [0.1, 0.15) is 0 Å². The predicted octanol–water partition coefficient (Wildman–Crippen LogP) is 6.44. The second kappa shape index (κ2) is 8.12. The summed E-state index contributed by atoms with van der Waals surface area (Å²) in [6, 6.07) is 0. The van der Waals surface area contributed by atoms with E-state index in [2.05, 4.69) is 34.6 Å². The Hall–Kier alpha value is -0.0800. The van der Waals surface area contributed by atoms with Gasteiger partial charge in [-0.05, 0) is 123 Å². The molecule has 0 aliphatic heterocycles. The lowest BCUT2D eigenvalue weighted by Crippen LogP contribution is -2.54. The van der Waals surface area contributed by atoms with E-state index in [0.717, 1.165) is 49.4 Å². The number of aliphatic hydroxyl groups excluding tert-OH is 2. The molecule has 4 aliphatic carbocycles. The van der Waals surface area contributed by atoms with Gasteiger partial charge in [-0.3, -0.25) is 0 Å². The molecule has 0 radical (unpaired) electrons. The third-order valence-electron chi connectivity index (χ3n) is 11.0. The van der Waals surface area contributed by atoms with E-state index in [1.54, 1.807) is 0 Å². The number of fused-ring (bicyclic) bond motifs is 5. The molecule has 10 unspecified atom stereocenters. The van der Waals surface area contributed by atoms with Crippen LogP contribution in [0.15, 0.2) is 0 Å². The van der Waals surface area contributed by atoms with Gasteiger partial charge in [-0.1, -0.05) is 34.6 Å². The minimum Gasteiger partial charge on any atom is -0.393 e. The van der Waals surface area contributed by atoms with Gasteiger partial charge >= 0.3 is 0 Å². The van der Waals surface area contributed by atoms with Crippen LogP contribution in [0.2, 0.25) is 0 Å².